The highest BCUT2D eigenvalue weighted by Gasteiger charge is 2.23. The summed E-state index contributed by atoms with van der Waals surface area (Å²) in [5, 5.41) is 9.97. The van der Waals surface area contributed by atoms with Crippen molar-refractivity contribution >= 4 is 11.6 Å². The number of anilines is 1. The van der Waals surface area contributed by atoms with E-state index >= 15 is 0 Å². The minimum absolute atomic E-state index is 0.0382. The lowest BCUT2D eigenvalue weighted by Gasteiger charge is -2.26. The Balaban J connectivity index is 2.29. The fourth-order valence-electron chi connectivity index (χ4n) is 2.12. The monoisotopic (exact) mass is 288 g/mol. The molecule has 0 saturated heterocycles. The van der Waals surface area contributed by atoms with Gasteiger partial charge in [-0.1, -0.05) is 6.07 Å². The first-order valence-electron chi connectivity index (χ1n) is 6.84. The van der Waals surface area contributed by atoms with Gasteiger partial charge in [0.15, 0.2) is 5.75 Å². The summed E-state index contributed by atoms with van der Waals surface area (Å²) in [5.74, 6) is 1.05. The maximum Gasteiger partial charge on any atom is 0.258 e. The van der Waals surface area contributed by atoms with E-state index in [0.29, 0.717) is 12.3 Å². The Morgan fingerprint density at radius 2 is 2.05 bits per heavy atom. The van der Waals surface area contributed by atoms with Gasteiger partial charge in [-0.05, 0) is 45.0 Å². The SMILES string of the molecule is Cc1ccc(CN(C(=O)c2cccc(N)c2O)C(C)C)o1. The molecule has 1 aromatic heterocycles. The average molecular weight is 288 g/mol. The summed E-state index contributed by atoms with van der Waals surface area (Å²) in [6, 6.07) is 8.44. The summed E-state index contributed by atoms with van der Waals surface area (Å²) >= 11 is 0. The molecule has 0 aliphatic carbocycles. The van der Waals surface area contributed by atoms with E-state index in [1.807, 2.05) is 32.9 Å². The van der Waals surface area contributed by atoms with Gasteiger partial charge < -0.3 is 20.2 Å². The second-order valence-electron chi connectivity index (χ2n) is 5.28. The van der Waals surface area contributed by atoms with Gasteiger partial charge in [0.2, 0.25) is 0 Å². The van der Waals surface area contributed by atoms with Crippen LogP contribution in [0, 0.1) is 6.92 Å². The van der Waals surface area contributed by atoms with Crippen LogP contribution in [0.15, 0.2) is 34.7 Å². The van der Waals surface area contributed by atoms with Gasteiger partial charge in [-0.2, -0.15) is 0 Å². The molecule has 2 aromatic rings. The van der Waals surface area contributed by atoms with Crippen molar-refractivity contribution in [2.45, 2.75) is 33.4 Å². The Labute approximate surface area is 124 Å². The number of benzene rings is 1. The maximum atomic E-state index is 12.6. The lowest BCUT2D eigenvalue weighted by atomic mass is 10.1. The predicted molar refractivity (Wildman–Crippen MR) is 81.0 cm³/mol. The number of rotatable bonds is 4. The maximum absolute atomic E-state index is 12.6. The molecular weight excluding hydrogens is 268 g/mol. The fraction of sp³-hybridized carbons (Fsp3) is 0.312. The summed E-state index contributed by atoms with van der Waals surface area (Å²) in [6.07, 6.45) is 0. The molecular formula is C16H20N2O3. The normalized spacial score (nSPS) is 10.9. The van der Waals surface area contributed by atoms with Crippen LogP contribution in [0.5, 0.6) is 5.75 Å². The molecule has 0 spiro atoms. The molecule has 0 unspecified atom stereocenters. The average Bonchev–Trinajstić information content (AvgIpc) is 2.84. The van der Waals surface area contributed by atoms with Gasteiger partial charge in [0.05, 0.1) is 17.8 Å². The third-order valence-corrected chi connectivity index (χ3v) is 3.30. The molecule has 0 bridgehead atoms. The number of nitrogen functional groups attached to an aromatic ring is 1. The Morgan fingerprint density at radius 1 is 1.33 bits per heavy atom. The van der Waals surface area contributed by atoms with E-state index in [2.05, 4.69) is 0 Å². The Morgan fingerprint density at radius 3 is 2.62 bits per heavy atom. The highest BCUT2D eigenvalue weighted by Crippen LogP contribution is 2.27. The molecule has 2 rings (SSSR count). The van der Waals surface area contributed by atoms with E-state index in [-0.39, 0.29) is 28.9 Å². The van der Waals surface area contributed by atoms with Crippen molar-refractivity contribution in [1.82, 2.24) is 4.90 Å². The van der Waals surface area contributed by atoms with E-state index in [0.717, 1.165) is 5.76 Å². The van der Waals surface area contributed by atoms with Crippen molar-refractivity contribution in [2.75, 3.05) is 5.73 Å². The van der Waals surface area contributed by atoms with Gasteiger partial charge in [0, 0.05) is 6.04 Å². The van der Waals surface area contributed by atoms with Crippen LogP contribution in [0.4, 0.5) is 5.69 Å². The number of phenolic OH excluding ortho intramolecular Hbond substituents is 1. The second kappa shape index (κ2) is 5.91. The Hall–Kier alpha value is -2.43. The number of aromatic hydroxyl groups is 1. The Bertz CT molecular complexity index is 647. The number of hydrogen-bond acceptors (Lipinski definition) is 4. The fourth-order valence-corrected chi connectivity index (χ4v) is 2.12. The smallest absolute Gasteiger partial charge is 0.258 e. The zero-order valence-electron chi connectivity index (χ0n) is 12.5. The first kappa shape index (κ1) is 15.0. The van der Waals surface area contributed by atoms with Gasteiger partial charge in [-0.15, -0.1) is 0 Å². The summed E-state index contributed by atoms with van der Waals surface area (Å²) in [5.41, 5.74) is 6.05. The van der Waals surface area contributed by atoms with Gasteiger partial charge in [-0.3, -0.25) is 4.79 Å². The van der Waals surface area contributed by atoms with Crippen molar-refractivity contribution in [3.8, 4) is 5.75 Å². The van der Waals surface area contributed by atoms with Crippen LogP contribution in [0.2, 0.25) is 0 Å². The number of furan rings is 1. The van der Waals surface area contributed by atoms with Crippen molar-refractivity contribution in [3.63, 3.8) is 0 Å². The molecule has 0 atom stereocenters. The number of para-hydroxylation sites is 1. The summed E-state index contributed by atoms with van der Waals surface area (Å²) in [7, 11) is 0. The second-order valence-corrected chi connectivity index (χ2v) is 5.28. The van der Waals surface area contributed by atoms with Crippen molar-refractivity contribution in [2.24, 2.45) is 0 Å². The van der Waals surface area contributed by atoms with Gasteiger partial charge in [0.25, 0.3) is 5.91 Å². The molecule has 5 heteroatoms. The molecule has 3 N–H and O–H groups in total. The number of amides is 1. The van der Waals surface area contributed by atoms with Crippen LogP contribution < -0.4 is 5.73 Å². The van der Waals surface area contributed by atoms with E-state index in [4.69, 9.17) is 10.2 Å². The van der Waals surface area contributed by atoms with Crippen LogP contribution in [-0.4, -0.2) is 22.0 Å². The number of nitrogens with zero attached hydrogens (tertiary/aromatic N) is 1. The van der Waals surface area contributed by atoms with E-state index < -0.39 is 0 Å². The molecule has 0 saturated carbocycles. The predicted octanol–water partition coefficient (Wildman–Crippen LogP) is 2.93. The highest BCUT2D eigenvalue weighted by atomic mass is 16.3. The van der Waals surface area contributed by atoms with Gasteiger partial charge in [-0.25, -0.2) is 0 Å². The van der Waals surface area contributed by atoms with Gasteiger partial charge in [0.1, 0.15) is 11.5 Å². The molecule has 1 aromatic carbocycles. The lowest BCUT2D eigenvalue weighted by molar-refractivity contribution is 0.0672. The lowest BCUT2D eigenvalue weighted by Crippen LogP contribution is -2.36. The van der Waals surface area contributed by atoms with Crippen molar-refractivity contribution in [3.05, 3.63) is 47.4 Å². The first-order chi connectivity index (χ1) is 9.90. The quantitative estimate of drug-likeness (QED) is 0.669. The topological polar surface area (TPSA) is 79.7 Å². The summed E-state index contributed by atoms with van der Waals surface area (Å²) < 4.78 is 5.52. The number of hydrogen-bond donors (Lipinski definition) is 2. The number of aryl methyl sites for hydroxylation is 1. The molecule has 112 valence electrons. The summed E-state index contributed by atoms with van der Waals surface area (Å²) in [6.45, 7) is 6.03. The molecule has 1 amide bonds. The number of nitrogens with two attached hydrogens (primary N) is 1. The van der Waals surface area contributed by atoms with E-state index in [1.165, 1.54) is 0 Å². The van der Waals surface area contributed by atoms with Crippen molar-refractivity contribution < 1.29 is 14.3 Å². The van der Waals surface area contributed by atoms with Crippen molar-refractivity contribution in [1.29, 1.82) is 0 Å². The van der Waals surface area contributed by atoms with E-state index in [1.54, 1.807) is 23.1 Å². The molecule has 0 fully saturated rings. The zero-order chi connectivity index (χ0) is 15.6. The Kier molecular flexibility index (Phi) is 4.21. The number of carbonyl (C=O) groups is 1. The van der Waals surface area contributed by atoms with Crippen LogP contribution in [0.3, 0.4) is 0 Å². The largest absolute Gasteiger partial charge is 0.505 e. The molecule has 21 heavy (non-hydrogen) atoms. The van der Waals surface area contributed by atoms with Gasteiger partial charge >= 0.3 is 0 Å². The minimum Gasteiger partial charge on any atom is -0.505 e. The standard InChI is InChI=1S/C16H20N2O3/c1-10(2)18(9-12-8-7-11(3)21-12)16(20)13-5-4-6-14(17)15(13)19/h4-8,10,19H,9,17H2,1-3H3. The van der Waals surface area contributed by atoms with Crippen LogP contribution in [-0.2, 0) is 6.54 Å². The molecule has 5 nitrogen and oxygen atoms in total. The zero-order valence-corrected chi connectivity index (χ0v) is 12.5. The molecule has 0 aliphatic heterocycles. The highest BCUT2D eigenvalue weighted by molar-refractivity contribution is 5.98. The van der Waals surface area contributed by atoms with Crippen LogP contribution in [0.25, 0.3) is 0 Å². The van der Waals surface area contributed by atoms with Crippen LogP contribution in [0.1, 0.15) is 35.7 Å². The first-order valence-corrected chi connectivity index (χ1v) is 6.84. The van der Waals surface area contributed by atoms with E-state index in [9.17, 15) is 9.90 Å². The third kappa shape index (κ3) is 3.18. The summed E-state index contributed by atoms with van der Waals surface area (Å²) in [4.78, 5) is 14.3. The molecule has 0 radical (unpaired) electrons. The molecule has 0 aliphatic rings. The number of phenols is 1. The third-order valence-electron chi connectivity index (χ3n) is 3.30. The number of carbonyl (C=O) groups excluding carboxylic acids is 1. The van der Waals surface area contributed by atoms with Crippen LogP contribution >= 0.6 is 0 Å². The minimum atomic E-state index is -0.274. The molecule has 1 heterocycles.